The van der Waals surface area contributed by atoms with Crippen molar-refractivity contribution in [1.29, 1.82) is 0 Å². The average molecular weight is 388 g/mol. The van der Waals surface area contributed by atoms with Gasteiger partial charge in [0, 0.05) is 37.8 Å². The summed E-state index contributed by atoms with van der Waals surface area (Å²) in [5.41, 5.74) is -0.0928. The molecule has 1 aliphatic heterocycles. The van der Waals surface area contributed by atoms with Crippen LogP contribution in [0.25, 0.3) is 10.8 Å². The van der Waals surface area contributed by atoms with Crippen molar-refractivity contribution < 1.29 is 19.0 Å². The molecule has 0 aliphatic carbocycles. The first-order chi connectivity index (χ1) is 13.5. The second-order valence-corrected chi connectivity index (χ2v) is 7.07. The lowest BCUT2D eigenvalue weighted by molar-refractivity contribution is -0.145. The number of hydrogen-bond donors (Lipinski definition) is 0. The number of amides is 1. The van der Waals surface area contributed by atoms with Gasteiger partial charge in [0.25, 0.3) is 11.5 Å². The van der Waals surface area contributed by atoms with Crippen molar-refractivity contribution in [2.24, 2.45) is 0 Å². The molecule has 0 saturated carbocycles. The summed E-state index contributed by atoms with van der Waals surface area (Å²) in [6.07, 6.45) is 1.77. The predicted molar refractivity (Wildman–Crippen MR) is 107 cm³/mol. The summed E-state index contributed by atoms with van der Waals surface area (Å²) < 4.78 is 18.4. The lowest BCUT2D eigenvalue weighted by atomic mass is 10.1. The summed E-state index contributed by atoms with van der Waals surface area (Å²) in [6.45, 7) is 8.51. The molecule has 1 saturated heterocycles. The van der Waals surface area contributed by atoms with Gasteiger partial charge in [-0.2, -0.15) is 0 Å². The predicted octanol–water partition coefficient (Wildman–Crippen LogP) is 2.05. The van der Waals surface area contributed by atoms with Crippen molar-refractivity contribution >= 4 is 16.7 Å². The van der Waals surface area contributed by atoms with Crippen molar-refractivity contribution in [3.8, 4) is 5.75 Å². The molecule has 7 heteroatoms. The van der Waals surface area contributed by atoms with Gasteiger partial charge >= 0.3 is 0 Å². The molecule has 2 unspecified atom stereocenters. The van der Waals surface area contributed by atoms with E-state index in [0.29, 0.717) is 49.4 Å². The Kier molecular flexibility index (Phi) is 6.70. The fourth-order valence-corrected chi connectivity index (χ4v) is 3.51. The lowest BCUT2D eigenvalue weighted by Gasteiger charge is -2.35. The molecule has 152 valence electrons. The van der Waals surface area contributed by atoms with E-state index in [-0.39, 0.29) is 30.3 Å². The molecule has 1 aliphatic rings. The second kappa shape index (κ2) is 9.21. The van der Waals surface area contributed by atoms with Crippen molar-refractivity contribution in [1.82, 2.24) is 9.47 Å². The van der Waals surface area contributed by atoms with Crippen molar-refractivity contribution in [2.75, 3.05) is 32.9 Å². The van der Waals surface area contributed by atoms with E-state index < -0.39 is 0 Å². The van der Waals surface area contributed by atoms with Crippen molar-refractivity contribution in [2.45, 2.75) is 39.5 Å². The second-order valence-electron chi connectivity index (χ2n) is 7.07. The Balaban J connectivity index is 1.72. The van der Waals surface area contributed by atoms with Gasteiger partial charge in [0.1, 0.15) is 5.75 Å². The van der Waals surface area contributed by atoms with Crippen LogP contribution in [0.4, 0.5) is 0 Å². The van der Waals surface area contributed by atoms with Crippen LogP contribution >= 0.6 is 0 Å². The summed E-state index contributed by atoms with van der Waals surface area (Å²) in [6, 6.07) is 7.18. The summed E-state index contributed by atoms with van der Waals surface area (Å²) in [5.74, 6) is 0.457. The smallest absolute Gasteiger partial charge is 0.260 e. The fourth-order valence-electron chi connectivity index (χ4n) is 3.51. The molecule has 1 fully saturated rings. The van der Waals surface area contributed by atoms with E-state index in [4.69, 9.17) is 14.2 Å². The van der Waals surface area contributed by atoms with Crippen molar-refractivity contribution in [3.63, 3.8) is 0 Å². The molecule has 1 aromatic carbocycles. The van der Waals surface area contributed by atoms with E-state index in [0.717, 1.165) is 0 Å². The zero-order valence-corrected chi connectivity index (χ0v) is 16.7. The van der Waals surface area contributed by atoms with Crippen LogP contribution in [0.3, 0.4) is 0 Å². The Morgan fingerprint density at radius 3 is 2.64 bits per heavy atom. The van der Waals surface area contributed by atoms with Crippen LogP contribution in [0.15, 0.2) is 35.3 Å². The number of nitrogens with zero attached hydrogens (tertiary/aromatic N) is 2. The molecule has 2 atom stereocenters. The number of carbonyl (C=O) groups excluding carboxylic acids is 1. The first-order valence-electron chi connectivity index (χ1n) is 9.75. The van der Waals surface area contributed by atoms with Crippen LogP contribution in [-0.4, -0.2) is 60.5 Å². The third-order valence-electron chi connectivity index (χ3n) is 4.78. The van der Waals surface area contributed by atoms with Gasteiger partial charge < -0.3 is 23.7 Å². The molecule has 2 aromatic rings. The average Bonchev–Trinajstić information content (AvgIpc) is 2.67. The van der Waals surface area contributed by atoms with Crippen LogP contribution in [0.5, 0.6) is 5.75 Å². The maximum Gasteiger partial charge on any atom is 0.260 e. The highest BCUT2D eigenvalue weighted by Crippen LogP contribution is 2.23. The minimum Gasteiger partial charge on any atom is -0.483 e. The molecule has 0 N–H and O–H groups in total. The molecular weight excluding hydrogens is 360 g/mol. The van der Waals surface area contributed by atoms with Crippen LogP contribution in [0, 0.1) is 0 Å². The van der Waals surface area contributed by atoms with E-state index in [9.17, 15) is 9.59 Å². The Labute approximate surface area is 164 Å². The van der Waals surface area contributed by atoms with Crippen molar-refractivity contribution in [3.05, 3.63) is 40.8 Å². The van der Waals surface area contributed by atoms with Gasteiger partial charge in [-0.25, -0.2) is 0 Å². The summed E-state index contributed by atoms with van der Waals surface area (Å²) in [4.78, 5) is 27.0. The maximum atomic E-state index is 12.7. The SMILES string of the molecule is CCOCCn1ccc2c(OCC(=O)N3CC(C)OC(C)C3)cccc2c1=O. The van der Waals surface area contributed by atoms with Gasteiger partial charge in [0.2, 0.25) is 0 Å². The van der Waals surface area contributed by atoms with Gasteiger partial charge in [-0.15, -0.1) is 0 Å². The zero-order chi connectivity index (χ0) is 20.1. The molecule has 0 bridgehead atoms. The fraction of sp³-hybridized carbons (Fsp3) is 0.524. The summed E-state index contributed by atoms with van der Waals surface area (Å²) in [7, 11) is 0. The third-order valence-corrected chi connectivity index (χ3v) is 4.78. The number of rotatable bonds is 7. The Morgan fingerprint density at radius 2 is 1.93 bits per heavy atom. The molecule has 1 aromatic heterocycles. The molecule has 0 radical (unpaired) electrons. The lowest BCUT2D eigenvalue weighted by Crippen LogP contribution is -2.49. The molecular formula is C21H28N2O5. The number of pyridine rings is 1. The number of fused-ring (bicyclic) bond motifs is 1. The first-order valence-corrected chi connectivity index (χ1v) is 9.75. The highest BCUT2D eigenvalue weighted by Gasteiger charge is 2.26. The minimum absolute atomic E-state index is 0.0143. The number of carbonyl (C=O) groups is 1. The van der Waals surface area contributed by atoms with E-state index in [1.54, 1.807) is 33.9 Å². The van der Waals surface area contributed by atoms with Gasteiger partial charge in [-0.1, -0.05) is 6.07 Å². The number of benzene rings is 1. The molecule has 28 heavy (non-hydrogen) atoms. The molecule has 1 amide bonds. The summed E-state index contributed by atoms with van der Waals surface area (Å²) in [5, 5.41) is 1.27. The van der Waals surface area contributed by atoms with Gasteiger partial charge in [0.15, 0.2) is 6.61 Å². The molecule has 2 heterocycles. The number of hydrogen-bond acceptors (Lipinski definition) is 5. The number of ether oxygens (including phenoxy) is 3. The topological polar surface area (TPSA) is 70.0 Å². The first kappa shape index (κ1) is 20.4. The largest absolute Gasteiger partial charge is 0.483 e. The van der Waals surface area contributed by atoms with Gasteiger partial charge in [-0.3, -0.25) is 9.59 Å². The van der Waals surface area contributed by atoms with Crippen LogP contribution in [0.2, 0.25) is 0 Å². The monoisotopic (exact) mass is 388 g/mol. The molecule has 0 spiro atoms. The van der Waals surface area contributed by atoms with Gasteiger partial charge in [0.05, 0.1) is 24.2 Å². The van der Waals surface area contributed by atoms with Crippen LogP contribution in [0.1, 0.15) is 20.8 Å². The maximum absolute atomic E-state index is 12.7. The van der Waals surface area contributed by atoms with Crippen LogP contribution < -0.4 is 10.3 Å². The van der Waals surface area contributed by atoms with E-state index in [1.165, 1.54) is 0 Å². The number of aromatic nitrogens is 1. The zero-order valence-electron chi connectivity index (χ0n) is 16.7. The summed E-state index contributed by atoms with van der Waals surface area (Å²) >= 11 is 0. The Bertz CT molecular complexity index is 869. The highest BCUT2D eigenvalue weighted by molar-refractivity contribution is 5.88. The number of morpholine rings is 1. The van der Waals surface area contributed by atoms with E-state index in [1.807, 2.05) is 26.8 Å². The standard InChI is InChI=1S/C21H28N2O5/c1-4-26-11-10-22-9-8-17-18(21(22)25)6-5-7-19(17)27-14-20(24)23-12-15(2)28-16(3)13-23/h5-9,15-16H,4,10-14H2,1-3H3. The van der Waals surface area contributed by atoms with E-state index >= 15 is 0 Å². The molecule has 7 nitrogen and oxygen atoms in total. The minimum atomic E-state index is -0.0928. The molecule has 3 rings (SSSR count). The van der Waals surface area contributed by atoms with E-state index in [2.05, 4.69) is 0 Å². The Hall–Kier alpha value is -2.38. The van der Waals surface area contributed by atoms with Crippen LogP contribution in [-0.2, 0) is 20.8 Å². The Morgan fingerprint density at radius 1 is 1.18 bits per heavy atom. The quantitative estimate of drug-likeness (QED) is 0.679. The normalized spacial score (nSPS) is 19.8. The third kappa shape index (κ3) is 4.72. The highest BCUT2D eigenvalue weighted by atomic mass is 16.5. The van der Waals surface area contributed by atoms with Gasteiger partial charge in [-0.05, 0) is 39.0 Å².